The Morgan fingerprint density at radius 2 is 2.15 bits per heavy atom. The zero-order valence-corrected chi connectivity index (χ0v) is 15.2. The van der Waals surface area contributed by atoms with Gasteiger partial charge in [0.1, 0.15) is 18.7 Å². The number of para-hydroxylation sites is 1. The van der Waals surface area contributed by atoms with Crippen molar-refractivity contribution in [1.82, 2.24) is 19.5 Å². The topological polar surface area (TPSA) is 119 Å². The molecule has 0 saturated heterocycles. The molecule has 0 radical (unpaired) electrons. The van der Waals surface area contributed by atoms with Gasteiger partial charge in [0.05, 0.1) is 12.5 Å². The Bertz CT molecular complexity index is 943. The van der Waals surface area contributed by atoms with Gasteiger partial charge in [-0.3, -0.25) is 0 Å². The number of carbonyl (C=O) groups excluding carboxylic acids is 1. The number of imidazole rings is 1. The van der Waals surface area contributed by atoms with E-state index in [0.29, 0.717) is 29.5 Å². The first-order chi connectivity index (χ1) is 12.5. The van der Waals surface area contributed by atoms with Crippen LogP contribution in [0.25, 0.3) is 11.2 Å². The number of aryl methyl sites for hydroxylation is 1. The van der Waals surface area contributed by atoms with Crippen LogP contribution in [0.3, 0.4) is 0 Å². The fraction of sp³-hybridized carbons (Fsp3) is 0.294. The predicted octanol–water partition coefficient (Wildman–Crippen LogP) is 1.03. The van der Waals surface area contributed by atoms with Crippen molar-refractivity contribution in [2.75, 3.05) is 12.3 Å². The van der Waals surface area contributed by atoms with Gasteiger partial charge in [0.15, 0.2) is 22.1 Å². The van der Waals surface area contributed by atoms with Gasteiger partial charge in [-0.05, 0) is 25.5 Å². The van der Waals surface area contributed by atoms with E-state index in [1.807, 2.05) is 31.2 Å². The number of carboxylic acids is 1. The largest absolute Gasteiger partial charge is 0.549 e. The monoisotopic (exact) mass is 372 g/mol. The zero-order valence-electron chi connectivity index (χ0n) is 14.4. The number of aliphatic carboxylic acids is 1. The highest BCUT2D eigenvalue weighted by Crippen LogP contribution is 2.28. The molecule has 2 aromatic heterocycles. The fourth-order valence-electron chi connectivity index (χ4n) is 2.40. The minimum atomic E-state index is -1.16. The normalized spacial score (nSPS) is 12.2. The second-order valence-corrected chi connectivity index (χ2v) is 6.98. The lowest BCUT2D eigenvalue weighted by Crippen LogP contribution is -2.31. The summed E-state index contributed by atoms with van der Waals surface area (Å²) in [5.41, 5.74) is 7.89. The highest BCUT2D eigenvalue weighted by molar-refractivity contribution is 8.00. The molecule has 0 aliphatic heterocycles. The number of hydrogen-bond donors (Lipinski definition) is 1. The Balaban J connectivity index is 1.86. The number of benzene rings is 1. The predicted molar refractivity (Wildman–Crippen MR) is 96.7 cm³/mol. The molecule has 2 heterocycles. The second kappa shape index (κ2) is 7.61. The van der Waals surface area contributed by atoms with E-state index in [1.165, 1.54) is 6.33 Å². The minimum Gasteiger partial charge on any atom is -0.549 e. The van der Waals surface area contributed by atoms with E-state index in [4.69, 9.17) is 10.5 Å². The molecule has 3 rings (SSSR count). The van der Waals surface area contributed by atoms with Crippen LogP contribution >= 0.6 is 11.8 Å². The van der Waals surface area contributed by atoms with Gasteiger partial charge in [0.2, 0.25) is 0 Å². The van der Waals surface area contributed by atoms with Gasteiger partial charge >= 0.3 is 0 Å². The van der Waals surface area contributed by atoms with Crippen molar-refractivity contribution in [3.63, 3.8) is 0 Å². The lowest BCUT2D eigenvalue weighted by Gasteiger charge is -2.14. The van der Waals surface area contributed by atoms with Crippen molar-refractivity contribution in [3.05, 3.63) is 36.2 Å². The summed E-state index contributed by atoms with van der Waals surface area (Å²) in [5, 5.41) is 10.8. The van der Waals surface area contributed by atoms with E-state index < -0.39 is 11.2 Å². The molecule has 1 atom stereocenters. The zero-order chi connectivity index (χ0) is 18.7. The van der Waals surface area contributed by atoms with Crippen molar-refractivity contribution in [2.45, 2.75) is 30.8 Å². The van der Waals surface area contributed by atoms with Crippen LogP contribution in [0.2, 0.25) is 0 Å². The molecule has 0 unspecified atom stereocenters. The van der Waals surface area contributed by atoms with Crippen LogP contribution in [0.15, 0.2) is 35.7 Å². The number of anilines is 1. The summed E-state index contributed by atoms with van der Waals surface area (Å²) in [6, 6.07) is 7.72. The number of thioether (sulfide) groups is 1. The standard InChI is InChI=1S/C17H19N5O3S/c1-10-5-3-4-6-12(10)25-8-7-22-15-13(14(18)19-9-20-15)21-17(22)26-11(2)16(23)24/h3-6,9,11H,7-8H2,1-2H3,(H,23,24)(H2,18,19,20)/p-1/t11-/m1/s1. The van der Waals surface area contributed by atoms with Gasteiger partial charge in [-0.25, -0.2) is 15.0 Å². The molecule has 136 valence electrons. The van der Waals surface area contributed by atoms with E-state index >= 15 is 0 Å². The molecule has 0 fully saturated rings. The molecule has 0 aliphatic rings. The summed E-state index contributed by atoms with van der Waals surface area (Å²) in [5.74, 6) is -0.122. The molecule has 0 aliphatic carbocycles. The van der Waals surface area contributed by atoms with Crippen LogP contribution in [-0.4, -0.2) is 37.3 Å². The van der Waals surface area contributed by atoms with Crippen LogP contribution in [0.4, 0.5) is 5.82 Å². The number of carbonyl (C=O) groups is 1. The summed E-state index contributed by atoms with van der Waals surface area (Å²) >= 11 is 1.07. The molecular weight excluding hydrogens is 354 g/mol. The quantitative estimate of drug-likeness (QED) is 0.611. The number of rotatable bonds is 7. The smallest absolute Gasteiger partial charge is 0.171 e. The molecule has 0 bridgehead atoms. The molecular formula is C17H18N5O3S-. The van der Waals surface area contributed by atoms with Crippen molar-refractivity contribution in [2.24, 2.45) is 0 Å². The molecule has 0 amide bonds. The average Bonchev–Trinajstić information content (AvgIpc) is 2.95. The number of nitrogens with zero attached hydrogens (tertiary/aromatic N) is 4. The van der Waals surface area contributed by atoms with Gasteiger partial charge in [0, 0.05) is 5.25 Å². The van der Waals surface area contributed by atoms with Crippen molar-refractivity contribution in [1.29, 1.82) is 0 Å². The summed E-state index contributed by atoms with van der Waals surface area (Å²) < 4.78 is 7.62. The van der Waals surface area contributed by atoms with Crippen LogP contribution < -0.4 is 15.6 Å². The first-order valence-corrected chi connectivity index (χ1v) is 8.88. The first kappa shape index (κ1) is 18.0. The first-order valence-electron chi connectivity index (χ1n) is 8.00. The Hall–Kier alpha value is -2.81. The van der Waals surface area contributed by atoms with Gasteiger partial charge in [0.25, 0.3) is 0 Å². The van der Waals surface area contributed by atoms with Gasteiger partial charge in [-0.2, -0.15) is 0 Å². The number of aromatic nitrogens is 4. The highest BCUT2D eigenvalue weighted by atomic mass is 32.2. The third-order valence-corrected chi connectivity index (χ3v) is 4.87. The number of nitrogens with two attached hydrogens (primary N) is 1. The summed E-state index contributed by atoms with van der Waals surface area (Å²) in [6.45, 7) is 4.32. The van der Waals surface area contributed by atoms with Gasteiger partial charge < -0.3 is 24.9 Å². The van der Waals surface area contributed by atoms with Crippen molar-refractivity contribution >= 4 is 34.7 Å². The van der Waals surface area contributed by atoms with E-state index in [1.54, 1.807) is 11.5 Å². The van der Waals surface area contributed by atoms with Crippen molar-refractivity contribution in [3.8, 4) is 5.75 Å². The number of hydrogen-bond acceptors (Lipinski definition) is 8. The van der Waals surface area contributed by atoms with Gasteiger partial charge in [-0.15, -0.1) is 0 Å². The average molecular weight is 372 g/mol. The molecule has 3 aromatic rings. The number of ether oxygens (including phenoxy) is 1. The Morgan fingerprint density at radius 1 is 1.38 bits per heavy atom. The van der Waals surface area contributed by atoms with E-state index in [0.717, 1.165) is 23.1 Å². The summed E-state index contributed by atoms with van der Waals surface area (Å²) in [7, 11) is 0. The fourth-order valence-corrected chi connectivity index (χ4v) is 3.26. The Morgan fingerprint density at radius 3 is 2.88 bits per heavy atom. The lowest BCUT2D eigenvalue weighted by atomic mass is 10.2. The number of carboxylic acid groups (broad SMARTS) is 1. The van der Waals surface area contributed by atoms with E-state index in [2.05, 4.69) is 15.0 Å². The lowest BCUT2D eigenvalue weighted by molar-refractivity contribution is -0.304. The highest BCUT2D eigenvalue weighted by Gasteiger charge is 2.18. The minimum absolute atomic E-state index is 0.247. The summed E-state index contributed by atoms with van der Waals surface area (Å²) in [6.07, 6.45) is 1.36. The maximum atomic E-state index is 11.1. The van der Waals surface area contributed by atoms with E-state index in [-0.39, 0.29) is 5.82 Å². The molecule has 0 spiro atoms. The second-order valence-electron chi connectivity index (χ2n) is 5.67. The van der Waals surface area contributed by atoms with Crippen LogP contribution in [0.5, 0.6) is 5.75 Å². The van der Waals surface area contributed by atoms with Crippen LogP contribution in [0, 0.1) is 6.92 Å². The molecule has 1 aromatic carbocycles. The molecule has 26 heavy (non-hydrogen) atoms. The summed E-state index contributed by atoms with van der Waals surface area (Å²) in [4.78, 5) is 23.7. The molecule has 9 heteroatoms. The maximum Gasteiger partial charge on any atom is 0.171 e. The number of fused-ring (bicyclic) bond motifs is 1. The third-order valence-electron chi connectivity index (χ3n) is 3.81. The molecule has 2 N–H and O–H groups in total. The van der Waals surface area contributed by atoms with Crippen LogP contribution in [0.1, 0.15) is 12.5 Å². The van der Waals surface area contributed by atoms with Crippen LogP contribution in [-0.2, 0) is 11.3 Å². The Kier molecular flexibility index (Phi) is 5.27. The molecule has 8 nitrogen and oxygen atoms in total. The van der Waals surface area contributed by atoms with Gasteiger partial charge in [-0.1, -0.05) is 30.0 Å². The molecule has 0 saturated carbocycles. The number of nitrogen functional groups attached to an aromatic ring is 1. The SMILES string of the molecule is Cc1ccccc1OCCn1c(S[C@H](C)C(=O)[O-])nc2c(N)ncnc21. The van der Waals surface area contributed by atoms with E-state index in [9.17, 15) is 9.90 Å². The Labute approximate surface area is 154 Å². The maximum absolute atomic E-state index is 11.1. The van der Waals surface area contributed by atoms with Crippen molar-refractivity contribution < 1.29 is 14.6 Å². The third kappa shape index (κ3) is 3.72.